The van der Waals surface area contributed by atoms with E-state index < -0.39 is 40.7 Å². The topological polar surface area (TPSA) is 50.4 Å². The van der Waals surface area contributed by atoms with Crippen LogP contribution in [0, 0.1) is 29.1 Å². The van der Waals surface area contributed by atoms with Gasteiger partial charge >= 0.3 is 0 Å². The number of hydrogen-bond acceptors (Lipinski definition) is 3. The maximum absolute atomic E-state index is 13.5. The average Bonchev–Trinajstić information content (AvgIpc) is 2.65. The summed E-state index contributed by atoms with van der Waals surface area (Å²) in [6.07, 6.45) is 1.83. The van der Waals surface area contributed by atoms with E-state index in [-0.39, 0.29) is 5.56 Å². The molecule has 0 saturated heterocycles. The molecule has 0 aromatic heterocycles. The van der Waals surface area contributed by atoms with Gasteiger partial charge in [-0.3, -0.25) is 15.6 Å². The van der Waals surface area contributed by atoms with E-state index in [0.717, 1.165) is 12.8 Å². The Hall–Kier alpha value is -2.84. The van der Waals surface area contributed by atoms with E-state index in [1.807, 2.05) is 12.3 Å². The number of benzene rings is 2. The van der Waals surface area contributed by atoms with Crippen molar-refractivity contribution in [1.82, 2.24) is 5.43 Å². The van der Waals surface area contributed by atoms with Crippen molar-refractivity contribution in [2.75, 3.05) is 12.0 Å². The van der Waals surface area contributed by atoms with Crippen molar-refractivity contribution in [3.05, 3.63) is 58.9 Å². The maximum atomic E-state index is 13.5. The monoisotopic (exact) mass is 374 g/mol. The first kappa shape index (κ1) is 19.5. The minimum Gasteiger partial charge on any atom is -0.494 e. The molecule has 0 fully saturated rings. The fraction of sp³-hybridized carbons (Fsp3) is 0.235. The van der Waals surface area contributed by atoms with Crippen LogP contribution in [0.4, 0.5) is 27.6 Å². The Kier molecular flexibility index (Phi) is 6.37. The maximum Gasteiger partial charge on any atom is 0.269 e. The summed E-state index contributed by atoms with van der Waals surface area (Å²) < 4.78 is 71.6. The molecule has 0 aliphatic carbocycles. The van der Waals surface area contributed by atoms with Crippen molar-refractivity contribution < 1.29 is 31.5 Å². The number of nitrogens with one attached hydrogen (secondary N) is 2. The summed E-state index contributed by atoms with van der Waals surface area (Å²) in [5.74, 6) is -11.0. The number of halogens is 5. The Morgan fingerprint density at radius 1 is 0.923 bits per heavy atom. The molecule has 0 unspecified atom stereocenters. The van der Waals surface area contributed by atoms with E-state index >= 15 is 0 Å². The van der Waals surface area contributed by atoms with E-state index in [9.17, 15) is 26.7 Å². The third-order valence-corrected chi connectivity index (χ3v) is 3.39. The van der Waals surface area contributed by atoms with E-state index in [1.54, 1.807) is 5.43 Å². The molecule has 0 atom stereocenters. The lowest BCUT2D eigenvalue weighted by atomic mass is 10.2. The predicted molar refractivity (Wildman–Crippen MR) is 84.2 cm³/mol. The zero-order valence-corrected chi connectivity index (χ0v) is 13.6. The van der Waals surface area contributed by atoms with Gasteiger partial charge in [-0.25, -0.2) is 22.0 Å². The van der Waals surface area contributed by atoms with Gasteiger partial charge in [-0.2, -0.15) is 0 Å². The number of carbonyl (C=O) groups excluding carboxylic acids is 1. The SMILES string of the molecule is CCCCOc1ccc(C(=O)NNc2c(F)c(F)c(F)c(F)c2F)cc1. The van der Waals surface area contributed by atoms with Gasteiger partial charge in [0.1, 0.15) is 11.4 Å². The Morgan fingerprint density at radius 3 is 2.00 bits per heavy atom. The molecule has 2 N–H and O–H groups in total. The van der Waals surface area contributed by atoms with Gasteiger partial charge in [0.25, 0.3) is 5.91 Å². The number of hydrogen-bond donors (Lipinski definition) is 2. The van der Waals surface area contributed by atoms with Crippen LogP contribution < -0.4 is 15.6 Å². The molecular weight excluding hydrogens is 359 g/mol. The van der Waals surface area contributed by atoms with Crippen LogP contribution in [0.15, 0.2) is 24.3 Å². The second-order valence-corrected chi connectivity index (χ2v) is 5.25. The fourth-order valence-electron chi connectivity index (χ4n) is 1.94. The molecule has 0 bridgehead atoms. The highest BCUT2D eigenvalue weighted by atomic mass is 19.2. The van der Waals surface area contributed by atoms with Gasteiger partial charge in [0.05, 0.1) is 6.61 Å². The number of carbonyl (C=O) groups is 1. The van der Waals surface area contributed by atoms with Crippen molar-refractivity contribution in [3.63, 3.8) is 0 Å². The smallest absolute Gasteiger partial charge is 0.269 e. The molecular formula is C17H15F5N2O2. The molecule has 0 aliphatic rings. The van der Waals surface area contributed by atoms with Crippen molar-refractivity contribution in [2.45, 2.75) is 19.8 Å². The quantitative estimate of drug-likeness (QED) is 0.250. The van der Waals surface area contributed by atoms with Crippen LogP contribution in [-0.4, -0.2) is 12.5 Å². The minimum atomic E-state index is -2.28. The summed E-state index contributed by atoms with van der Waals surface area (Å²) in [6, 6.07) is 5.81. The summed E-state index contributed by atoms with van der Waals surface area (Å²) in [7, 11) is 0. The van der Waals surface area contributed by atoms with Crippen LogP contribution in [0.2, 0.25) is 0 Å². The number of unbranched alkanes of at least 4 members (excludes halogenated alkanes) is 1. The summed E-state index contributed by atoms with van der Waals surface area (Å²) >= 11 is 0. The van der Waals surface area contributed by atoms with E-state index in [4.69, 9.17) is 4.74 Å². The first-order valence-electron chi connectivity index (χ1n) is 7.67. The number of amides is 1. The third kappa shape index (κ3) is 4.22. The number of hydrazine groups is 1. The number of anilines is 1. The van der Waals surface area contributed by atoms with Gasteiger partial charge in [-0.05, 0) is 30.7 Å². The highest BCUT2D eigenvalue weighted by molar-refractivity contribution is 5.95. The largest absolute Gasteiger partial charge is 0.494 e. The summed E-state index contributed by atoms with van der Waals surface area (Å²) in [5, 5.41) is 0. The van der Waals surface area contributed by atoms with Crippen LogP contribution in [0.3, 0.4) is 0 Å². The molecule has 0 heterocycles. The molecule has 2 aromatic rings. The van der Waals surface area contributed by atoms with Crippen LogP contribution in [0.1, 0.15) is 30.1 Å². The van der Waals surface area contributed by atoms with E-state index in [0.29, 0.717) is 12.4 Å². The van der Waals surface area contributed by atoms with E-state index in [2.05, 4.69) is 0 Å². The second-order valence-electron chi connectivity index (χ2n) is 5.25. The van der Waals surface area contributed by atoms with Crippen molar-refractivity contribution in [2.24, 2.45) is 0 Å². The summed E-state index contributed by atoms with van der Waals surface area (Å²) in [5.41, 5.74) is 2.33. The van der Waals surface area contributed by atoms with Crippen LogP contribution in [0.25, 0.3) is 0 Å². The molecule has 2 aromatic carbocycles. The molecule has 0 radical (unpaired) electrons. The first-order chi connectivity index (χ1) is 12.4. The standard InChI is InChI=1S/C17H15F5N2O2/c1-2-3-8-26-10-6-4-9(5-7-10)17(25)24-23-16-14(21)12(19)11(18)13(20)15(16)22/h4-7,23H,2-3,8H2,1H3,(H,24,25). The fourth-order valence-corrected chi connectivity index (χ4v) is 1.94. The summed E-state index contributed by atoms with van der Waals surface area (Å²) in [4.78, 5) is 11.9. The lowest BCUT2D eigenvalue weighted by Gasteiger charge is -2.12. The third-order valence-electron chi connectivity index (χ3n) is 3.39. The number of rotatable bonds is 7. The Bertz CT molecular complexity index is 768. The Labute approximate surface area is 145 Å². The molecule has 2 rings (SSSR count). The molecule has 9 heteroatoms. The zero-order valence-electron chi connectivity index (χ0n) is 13.6. The van der Waals surface area contributed by atoms with Gasteiger partial charge < -0.3 is 4.74 Å². The molecule has 26 heavy (non-hydrogen) atoms. The number of ether oxygens (including phenoxy) is 1. The minimum absolute atomic E-state index is 0.0872. The van der Waals surface area contributed by atoms with Gasteiger partial charge in [0.15, 0.2) is 23.3 Å². The second kappa shape index (κ2) is 8.50. The Morgan fingerprint density at radius 2 is 1.46 bits per heavy atom. The highest BCUT2D eigenvalue weighted by Gasteiger charge is 2.26. The lowest BCUT2D eigenvalue weighted by Crippen LogP contribution is -2.31. The van der Waals surface area contributed by atoms with Gasteiger partial charge in [0, 0.05) is 5.56 Å². The summed E-state index contributed by atoms with van der Waals surface area (Å²) in [6.45, 7) is 2.53. The normalized spacial score (nSPS) is 10.5. The molecule has 0 saturated carbocycles. The van der Waals surface area contributed by atoms with Crippen LogP contribution >= 0.6 is 0 Å². The van der Waals surface area contributed by atoms with Crippen LogP contribution in [-0.2, 0) is 0 Å². The van der Waals surface area contributed by atoms with Crippen molar-refractivity contribution in [3.8, 4) is 5.75 Å². The van der Waals surface area contributed by atoms with Gasteiger partial charge in [-0.1, -0.05) is 13.3 Å². The van der Waals surface area contributed by atoms with Crippen molar-refractivity contribution in [1.29, 1.82) is 0 Å². The van der Waals surface area contributed by atoms with Crippen molar-refractivity contribution >= 4 is 11.6 Å². The van der Waals surface area contributed by atoms with E-state index in [1.165, 1.54) is 24.3 Å². The molecule has 0 spiro atoms. The molecule has 4 nitrogen and oxygen atoms in total. The molecule has 0 aliphatic heterocycles. The first-order valence-corrected chi connectivity index (χ1v) is 7.67. The zero-order chi connectivity index (χ0) is 19.3. The Balaban J connectivity index is 2.05. The van der Waals surface area contributed by atoms with Gasteiger partial charge in [-0.15, -0.1) is 0 Å². The molecule has 1 amide bonds. The lowest BCUT2D eigenvalue weighted by molar-refractivity contribution is 0.0962. The average molecular weight is 374 g/mol. The van der Waals surface area contributed by atoms with Crippen LogP contribution in [0.5, 0.6) is 5.75 Å². The molecule has 140 valence electrons. The predicted octanol–water partition coefficient (Wildman–Crippen LogP) is 4.32. The highest BCUT2D eigenvalue weighted by Crippen LogP contribution is 2.26. The van der Waals surface area contributed by atoms with Gasteiger partial charge in [0.2, 0.25) is 5.82 Å².